The maximum Gasteiger partial charge on any atom is 0.312 e. The Kier molecular flexibility index (Phi) is 4.65. The first-order valence-electron chi connectivity index (χ1n) is 7.41. The van der Waals surface area contributed by atoms with Crippen LogP contribution in [0.3, 0.4) is 0 Å². The van der Waals surface area contributed by atoms with Crippen molar-refractivity contribution in [1.82, 2.24) is 15.1 Å². The normalized spacial score (nSPS) is 30.6. The average Bonchev–Trinajstić information content (AvgIpc) is 2.84. The minimum absolute atomic E-state index is 0.113. The summed E-state index contributed by atoms with van der Waals surface area (Å²) in [5.74, 6) is -0.881. The number of aliphatic hydroxyl groups is 1. The summed E-state index contributed by atoms with van der Waals surface area (Å²) in [5.41, 5.74) is -0.871. The second-order valence-electron chi connectivity index (χ2n) is 6.18. The van der Waals surface area contributed by atoms with Gasteiger partial charge < -0.3 is 20.2 Å². The van der Waals surface area contributed by atoms with Gasteiger partial charge in [-0.2, -0.15) is 0 Å². The summed E-state index contributed by atoms with van der Waals surface area (Å²) in [6, 6.07) is 0.113. The Morgan fingerprint density at radius 1 is 1.30 bits per heavy atom. The van der Waals surface area contributed by atoms with Crippen LogP contribution in [0.4, 0.5) is 0 Å². The number of amides is 2. The number of carbonyl (C=O) groups excluding carboxylic acids is 2. The molecule has 0 aromatic rings. The zero-order chi connectivity index (χ0) is 14.8. The van der Waals surface area contributed by atoms with Gasteiger partial charge in [0.25, 0.3) is 0 Å². The molecule has 0 spiro atoms. The van der Waals surface area contributed by atoms with Crippen molar-refractivity contribution >= 4 is 11.8 Å². The SMILES string of the molecule is CNCC1CCCN1C(=O)C(=O)N1CCCC(C)(O)C1. The van der Waals surface area contributed by atoms with Gasteiger partial charge in [-0.15, -0.1) is 0 Å². The van der Waals surface area contributed by atoms with Crippen LogP contribution in [0, 0.1) is 0 Å². The molecule has 2 heterocycles. The predicted octanol–water partition coefficient (Wildman–Crippen LogP) is -0.430. The molecule has 6 nitrogen and oxygen atoms in total. The molecule has 0 aromatic heterocycles. The van der Waals surface area contributed by atoms with Crippen molar-refractivity contribution < 1.29 is 14.7 Å². The van der Waals surface area contributed by atoms with E-state index in [0.717, 1.165) is 25.8 Å². The van der Waals surface area contributed by atoms with Gasteiger partial charge in [0.05, 0.1) is 5.60 Å². The van der Waals surface area contributed by atoms with Gasteiger partial charge in [0.15, 0.2) is 0 Å². The number of carbonyl (C=O) groups is 2. The molecular weight excluding hydrogens is 258 g/mol. The third kappa shape index (κ3) is 3.30. The fourth-order valence-corrected chi connectivity index (χ4v) is 3.20. The summed E-state index contributed by atoms with van der Waals surface area (Å²) in [7, 11) is 1.85. The Bertz CT molecular complexity index is 384. The molecule has 0 aliphatic carbocycles. The van der Waals surface area contributed by atoms with Crippen LogP contribution in [0.5, 0.6) is 0 Å². The van der Waals surface area contributed by atoms with E-state index >= 15 is 0 Å². The Morgan fingerprint density at radius 2 is 2.05 bits per heavy atom. The Balaban J connectivity index is 1.99. The number of piperidine rings is 1. The fraction of sp³-hybridized carbons (Fsp3) is 0.857. The van der Waals surface area contributed by atoms with E-state index in [-0.39, 0.29) is 12.6 Å². The number of nitrogens with zero attached hydrogens (tertiary/aromatic N) is 2. The van der Waals surface area contributed by atoms with E-state index in [0.29, 0.717) is 19.5 Å². The molecule has 20 heavy (non-hydrogen) atoms. The van der Waals surface area contributed by atoms with Crippen molar-refractivity contribution in [2.24, 2.45) is 0 Å². The van der Waals surface area contributed by atoms with Crippen LogP contribution in [0.1, 0.15) is 32.6 Å². The lowest BCUT2D eigenvalue weighted by atomic mass is 9.95. The highest BCUT2D eigenvalue weighted by molar-refractivity contribution is 6.35. The second-order valence-corrected chi connectivity index (χ2v) is 6.18. The minimum atomic E-state index is -0.871. The topological polar surface area (TPSA) is 72.9 Å². The van der Waals surface area contributed by atoms with E-state index < -0.39 is 17.4 Å². The van der Waals surface area contributed by atoms with Crippen molar-refractivity contribution in [3.05, 3.63) is 0 Å². The van der Waals surface area contributed by atoms with Crippen molar-refractivity contribution in [3.63, 3.8) is 0 Å². The van der Waals surface area contributed by atoms with Crippen LogP contribution in [-0.2, 0) is 9.59 Å². The monoisotopic (exact) mass is 283 g/mol. The standard InChI is InChI=1S/C14H25N3O3/c1-14(20)6-4-7-16(10-14)12(18)13(19)17-8-3-5-11(17)9-15-2/h11,15,20H,3-10H2,1-2H3. The maximum absolute atomic E-state index is 12.4. The van der Waals surface area contributed by atoms with Crippen molar-refractivity contribution in [3.8, 4) is 0 Å². The quantitative estimate of drug-likeness (QED) is 0.675. The van der Waals surface area contributed by atoms with Gasteiger partial charge in [-0.25, -0.2) is 0 Å². The van der Waals surface area contributed by atoms with Crippen LogP contribution >= 0.6 is 0 Å². The summed E-state index contributed by atoms with van der Waals surface area (Å²) >= 11 is 0. The molecule has 2 fully saturated rings. The average molecular weight is 283 g/mol. The minimum Gasteiger partial charge on any atom is -0.388 e. The van der Waals surface area contributed by atoms with Crippen molar-refractivity contribution in [2.45, 2.75) is 44.2 Å². The van der Waals surface area contributed by atoms with Crippen LogP contribution in [0.15, 0.2) is 0 Å². The lowest BCUT2D eigenvalue weighted by molar-refractivity contribution is -0.155. The van der Waals surface area contributed by atoms with Crippen LogP contribution < -0.4 is 5.32 Å². The largest absolute Gasteiger partial charge is 0.388 e. The molecule has 0 saturated carbocycles. The van der Waals surface area contributed by atoms with E-state index in [4.69, 9.17) is 0 Å². The van der Waals surface area contributed by atoms with E-state index in [1.165, 1.54) is 4.90 Å². The van der Waals surface area contributed by atoms with Gasteiger partial charge in [0.2, 0.25) is 0 Å². The molecule has 2 rings (SSSR count). The number of hydrogen-bond donors (Lipinski definition) is 2. The molecule has 2 aliphatic heterocycles. The molecule has 2 saturated heterocycles. The van der Waals surface area contributed by atoms with Gasteiger partial charge in [0, 0.05) is 32.2 Å². The lowest BCUT2D eigenvalue weighted by Gasteiger charge is -2.37. The van der Waals surface area contributed by atoms with E-state index in [9.17, 15) is 14.7 Å². The van der Waals surface area contributed by atoms with Gasteiger partial charge in [-0.3, -0.25) is 9.59 Å². The number of β-amino-alcohol motifs (C(OH)–C–C–N with tert-alkyl or cyclic N) is 1. The summed E-state index contributed by atoms with van der Waals surface area (Å²) in [5, 5.41) is 13.1. The van der Waals surface area contributed by atoms with E-state index in [2.05, 4.69) is 5.32 Å². The lowest BCUT2D eigenvalue weighted by Crippen LogP contribution is -2.54. The molecule has 2 aliphatic rings. The van der Waals surface area contributed by atoms with E-state index in [1.54, 1.807) is 11.8 Å². The van der Waals surface area contributed by atoms with Gasteiger partial charge in [-0.05, 0) is 39.7 Å². The highest BCUT2D eigenvalue weighted by Gasteiger charge is 2.38. The first-order chi connectivity index (χ1) is 9.44. The summed E-state index contributed by atoms with van der Waals surface area (Å²) in [6.07, 6.45) is 3.31. The van der Waals surface area contributed by atoms with Crippen molar-refractivity contribution in [2.75, 3.05) is 33.2 Å². The zero-order valence-corrected chi connectivity index (χ0v) is 12.4. The number of likely N-dealkylation sites (tertiary alicyclic amines) is 2. The smallest absolute Gasteiger partial charge is 0.312 e. The molecule has 0 aromatic carbocycles. The first-order valence-corrected chi connectivity index (χ1v) is 7.41. The molecule has 2 atom stereocenters. The summed E-state index contributed by atoms with van der Waals surface area (Å²) in [4.78, 5) is 27.9. The molecule has 2 N–H and O–H groups in total. The molecule has 0 radical (unpaired) electrons. The molecule has 6 heteroatoms. The predicted molar refractivity (Wildman–Crippen MR) is 75.1 cm³/mol. The summed E-state index contributed by atoms with van der Waals surface area (Å²) in [6.45, 7) is 3.90. The highest BCUT2D eigenvalue weighted by atomic mass is 16.3. The molecule has 0 bridgehead atoms. The fourth-order valence-electron chi connectivity index (χ4n) is 3.20. The molecular formula is C14H25N3O3. The zero-order valence-electron chi connectivity index (χ0n) is 12.4. The molecule has 2 amide bonds. The van der Waals surface area contributed by atoms with Crippen molar-refractivity contribution in [1.29, 1.82) is 0 Å². The third-order valence-electron chi connectivity index (χ3n) is 4.22. The first kappa shape index (κ1) is 15.3. The van der Waals surface area contributed by atoms with Crippen LogP contribution in [0.2, 0.25) is 0 Å². The Hall–Kier alpha value is -1.14. The van der Waals surface area contributed by atoms with Crippen LogP contribution in [-0.4, -0.2) is 71.6 Å². The summed E-state index contributed by atoms with van der Waals surface area (Å²) < 4.78 is 0. The number of rotatable bonds is 2. The van der Waals surface area contributed by atoms with Gasteiger partial charge in [-0.1, -0.05) is 0 Å². The molecule has 2 unspecified atom stereocenters. The molecule has 114 valence electrons. The third-order valence-corrected chi connectivity index (χ3v) is 4.22. The van der Waals surface area contributed by atoms with Gasteiger partial charge >= 0.3 is 11.8 Å². The number of nitrogens with one attached hydrogen (secondary N) is 1. The number of likely N-dealkylation sites (N-methyl/N-ethyl adjacent to an activating group) is 1. The highest BCUT2D eigenvalue weighted by Crippen LogP contribution is 2.22. The Morgan fingerprint density at radius 3 is 2.70 bits per heavy atom. The van der Waals surface area contributed by atoms with Crippen LogP contribution in [0.25, 0.3) is 0 Å². The maximum atomic E-state index is 12.4. The number of hydrogen-bond acceptors (Lipinski definition) is 4. The van der Waals surface area contributed by atoms with Gasteiger partial charge in [0.1, 0.15) is 0 Å². The Labute approximate surface area is 120 Å². The van der Waals surface area contributed by atoms with E-state index in [1.807, 2.05) is 7.05 Å². The second kappa shape index (κ2) is 6.10.